The van der Waals surface area contributed by atoms with Crippen molar-refractivity contribution in [3.63, 3.8) is 0 Å². The van der Waals surface area contributed by atoms with Crippen molar-refractivity contribution >= 4 is 28.3 Å². The Morgan fingerprint density at radius 3 is 3.06 bits per heavy atom. The van der Waals surface area contributed by atoms with Gasteiger partial charge in [-0.1, -0.05) is 6.92 Å². The Kier molecular flexibility index (Phi) is 4.02. The van der Waals surface area contributed by atoms with Crippen LogP contribution in [0.2, 0.25) is 0 Å². The summed E-state index contributed by atoms with van der Waals surface area (Å²) in [4.78, 5) is 2.34. The highest BCUT2D eigenvalue weighted by atomic mass is 127. The van der Waals surface area contributed by atoms with Crippen LogP contribution < -0.4 is 10.2 Å². The van der Waals surface area contributed by atoms with E-state index in [2.05, 4.69) is 39.7 Å². The van der Waals surface area contributed by atoms with Gasteiger partial charge in [-0.05, 0) is 47.2 Å². The third-order valence-electron chi connectivity index (χ3n) is 3.00. The fraction of sp³-hybridized carbons (Fsp3) is 0.500. The van der Waals surface area contributed by atoms with Crippen molar-refractivity contribution in [2.24, 2.45) is 0 Å². The van der Waals surface area contributed by atoms with E-state index in [4.69, 9.17) is 0 Å². The molecule has 1 saturated heterocycles. The Balaban J connectivity index is 2.16. The summed E-state index contributed by atoms with van der Waals surface area (Å²) < 4.78 is 14.0. The van der Waals surface area contributed by atoms with Crippen LogP contribution in [0.3, 0.4) is 0 Å². The number of benzene rings is 1. The Bertz CT molecular complexity index is 370. The molecule has 4 heteroatoms. The third kappa shape index (κ3) is 2.66. The van der Waals surface area contributed by atoms with Crippen LogP contribution in [0.4, 0.5) is 10.1 Å². The molecule has 1 fully saturated rings. The molecule has 0 bridgehead atoms. The summed E-state index contributed by atoms with van der Waals surface area (Å²) >= 11 is 2.21. The maximum atomic E-state index is 13.0. The lowest BCUT2D eigenvalue weighted by molar-refractivity contribution is 0.446. The first-order valence-corrected chi connectivity index (χ1v) is 6.72. The molecule has 1 aromatic rings. The Labute approximate surface area is 109 Å². The number of piperazine rings is 1. The fourth-order valence-electron chi connectivity index (χ4n) is 2.06. The highest BCUT2D eigenvalue weighted by Crippen LogP contribution is 2.24. The lowest BCUT2D eigenvalue weighted by Crippen LogP contribution is -2.50. The lowest BCUT2D eigenvalue weighted by Gasteiger charge is -2.35. The predicted molar refractivity (Wildman–Crippen MR) is 73.4 cm³/mol. The highest BCUT2D eigenvalue weighted by molar-refractivity contribution is 14.1. The molecule has 1 N–H and O–H groups in total. The number of nitrogens with zero attached hydrogens (tertiary/aromatic N) is 1. The van der Waals surface area contributed by atoms with Gasteiger partial charge < -0.3 is 10.2 Å². The number of hydrogen-bond acceptors (Lipinski definition) is 2. The second-order valence-electron chi connectivity index (χ2n) is 4.10. The molecule has 0 spiro atoms. The fourth-order valence-corrected chi connectivity index (χ4v) is 2.87. The van der Waals surface area contributed by atoms with Gasteiger partial charge in [0, 0.05) is 29.2 Å². The van der Waals surface area contributed by atoms with Crippen molar-refractivity contribution in [1.82, 2.24) is 5.32 Å². The zero-order valence-corrected chi connectivity index (χ0v) is 11.5. The van der Waals surface area contributed by atoms with Crippen molar-refractivity contribution < 1.29 is 4.39 Å². The van der Waals surface area contributed by atoms with E-state index in [9.17, 15) is 4.39 Å². The molecule has 1 aliphatic rings. The molecule has 16 heavy (non-hydrogen) atoms. The van der Waals surface area contributed by atoms with Gasteiger partial charge in [-0.15, -0.1) is 0 Å². The summed E-state index contributed by atoms with van der Waals surface area (Å²) in [6.07, 6.45) is 1.13. The molecule has 2 nitrogen and oxygen atoms in total. The van der Waals surface area contributed by atoms with Gasteiger partial charge in [0.25, 0.3) is 0 Å². The van der Waals surface area contributed by atoms with Crippen molar-refractivity contribution in [2.75, 3.05) is 24.5 Å². The van der Waals surface area contributed by atoms with Crippen molar-refractivity contribution in [2.45, 2.75) is 19.4 Å². The highest BCUT2D eigenvalue weighted by Gasteiger charge is 2.19. The van der Waals surface area contributed by atoms with E-state index in [0.29, 0.717) is 6.04 Å². The SMILES string of the molecule is CCC1CN(c2ccc(F)cc2I)CCN1. The Morgan fingerprint density at radius 2 is 2.38 bits per heavy atom. The second kappa shape index (κ2) is 5.31. The predicted octanol–water partition coefficient (Wildman–Crippen LogP) is 2.62. The molecule has 2 rings (SSSR count). The van der Waals surface area contributed by atoms with Gasteiger partial charge in [0.15, 0.2) is 0 Å². The third-order valence-corrected chi connectivity index (χ3v) is 3.86. The maximum absolute atomic E-state index is 13.0. The average Bonchev–Trinajstić information content (AvgIpc) is 2.29. The topological polar surface area (TPSA) is 15.3 Å². The van der Waals surface area contributed by atoms with Crippen molar-refractivity contribution in [3.8, 4) is 0 Å². The number of nitrogens with one attached hydrogen (secondary N) is 1. The first-order valence-electron chi connectivity index (χ1n) is 5.64. The molecular weight excluding hydrogens is 318 g/mol. The molecule has 0 aromatic heterocycles. The van der Waals surface area contributed by atoms with E-state index in [-0.39, 0.29) is 5.82 Å². The summed E-state index contributed by atoms with van der Waals surface area (Å²) in [5, 5.41) is 3.48. The zero-order chi connectivity index (χ0) is 11.5. The monoisotopic (exact) mass is 334 g/mol. The minimum absolute atomic E-state index is 0.157. The van der Waals surface area contributed by atoms with E-state index >= 15 is 0 Å². The van der Waals surface area contributed by atoms with Gasteiger partial charge in [-0.3, -0.25) is 0 Å². The normalized spacial score (nSPS) is 21.2. The summed E-state index contributed by atoms with van der Waals surface area (Å²) in [5.41, 5.74) is 1.15. The minimum Gasteiger partial charge on any atom is -0.368 e. The summed E-state index contributed by atoms with van der Waals surface area (Å²) in [6, 6.07) is 5.57. The number of halogens is 2. The van der Waals surface area contributed by atoms with E-state index in [1.165, 1.54) is 0 Å². The number of hydrogen-bond donors (Lipinski definition) is 1. The molecule has 0 radical (unpaired) electrons. The molecule has 0 saturated carbocycles. The van der Waals surface area contributed by atoms with Gasteiger partial charge in [0.05, 0.1) is 5.69 Å². The van der Waals surface area contributed by atoms with Crippen LogP contribution in [-0.2, 0) is 0 Å². The second-order valence-corrected chi connectivity index (χ2v) is 5.26. The molecule has 1 atom stereocenters. The number of anilines is 1. The standard InChI is InChI=1S/C12H16FIN2/c1-2-10-8-16(6-5-15-10)12-4-3-9(13)7-11(12)14/h3-4,7,10,15H,2,5-6,8H2,1H3. The van der Waals surface area contributed by atoms with Crippen molar-refractivity contribution in [1.29, 1.82) is 0 Å². The minimum atomic E-state index is -0.157. The first-order chi connectivity index (χ1) is 7.70. The molecule has 1 unspecified atom stereocenters. The van der Waals surface area contributed by atoms with Gasteiger partial charge in [-0.2, -0.15) is 0 Å². The Morgan fingerprint density at radius 1 is 1.56 bits per heavy atom. The van der Waals surface area contributed by atoms with Crippen LogP contribution in [0.5, 0.6) is 0 Å². The van der Waals surface area contributed by atoms with Gasteiger partial charge in [-0.25, -0.2) is 4.39 Å². The van der Waals surface area contributed by atoms with E-state index in [1.807, 2.05) is 6.07 Å². The smallest absolute Gasteiger partial charge is 0.124 e. The van der Waals surface area contributed by atoms with Crippen LogP contribution in [0, 0.1) is 9.39 Å². The van der Waals surface area contributed by atoms with Gasteiger partial charge >= 0.3 is 0 Å². The largest absolute Gasteiger partial charge is 0.368 e. The molecule has 1 aromatic carbocycles. The summed E-state index contributed by atoms with van der Waals surface area (Å²) in [7, 11) is 0. The molecule has 0 amide bonds. The van der Waals surface area contributed by atoms with E-state index in [0.717, 1.165) is 35.3 Å². The quantitative estimate of drug-likeness (QED) is 0.837. The molecule has 0 aliphatic carbocycles. The van der Waals surface area contributed by atoms with Gasteiger partial charge in [0.2, 0.25) is 0 Å². The van der Waals surface area contributed by atoms with Crippen LogP contribution in [0.15, 0.2) is 18.2 Å². The van der Waals surface area contributed by atoms with Gasteiger partial charge in [0.1, 0.15) is 5.82 Å². The van der Waals surface area contributed by atoms with Crippen LogP contribution in [0.1, 0.15) is 13.3 Å². The van der Waals surface area contributed by atoms with E-state index in [1.54, 1.807) is 12.1 Å². The maximum Gasteiger partial charge on any atom is 0.124 e. The first kappa shape index (κ1) is 12.1. The molecule has 88 valence electrons. The number of rotatable bonds is 2. The molecule has 1 aliphatic heterocycles. The van der Waals surface area contributed by atoms with Crippen LogP contribution >= 0.6 is 22.6 Å². The molecular formula is C12H16FIN2. The summed E-state index contributed by atoms with van der Waals surface area (Å²) in [5.74, 6) is -0.157. The zero-order valence-electron chi connectivity index (χ0n) is 9.34. The average molecular weight is 334 g/mol. The van der Waals surface area contributed by atoms with Crippen molar-refractivity contribution in [3.05, 3.63) is 27.6 Å². The summed E-state index contributed by atoms with van der Waals surface area (Å²) in [6.45, 7) is 5.21. The Hall–Kier alpha value is -0.360. The molecule has 1 heterocycles. The lowest BCUT2D eigenvalue weighted by atomic mass is 10.1. The van der Waals surface area contributed by atoms with Crippen LogP contribution in [0.25, 0.3) is 0 Å². The van der Waals surface area contributed by atoms with E-state index < -0.39 is 0 Å². The van der Waals surface area contributed by atoms with Crippen LogP contribution in [-0.4, -0.2) is 25.7 Å².